The zero-order chi connectivity index (χ0) is 18.0. The molecule has 0 atom stereocenters. The first-order valence-electron chi connectivity index (χ1n) is 8.24. The van der Waals surface area contributed by atoms with E-state index >= 15 is 0 Å². The van der Waals surface area contributed by atoms with E-state index < -0.39 is 11.6 Å². The number of H-pyrrole nitrogens is 1. The number of aryl methyl sites for hydroxylation is 2. The third kappa shape index (κ3) is 3.92. The number of rotatable bonds is 3. The number of amides is 1. The van der Waals surface area contributed by atoms with E-state index in [-0.39, 0.29) is 17.9 Å². The van der Waals surface area contributed by atoms with Gasteiger partial charge in [0.15, 0.2) is 11.6 Å². The highest BCUT2D eigenvalue weighted by molar-refractivity contribution is 5.76. The summed E-state index contributed by atoms with van der Waals surface area (Å²) < 4.78 is 26.2. The molecule has 25 heavy (non-hydrogen) atoms. The van der Waals surface area contributed by atoms with Crippen molar-refractivity contribution in [2.75, 3.05) is 13.1 Å². The number of fused-ring (bicyclic) bond motifs is 1. The van der Waals surface area contributed by atoms with Crippen molar-refractivity contribution >= 4 is 5.91 Å². The predicted octanol–water partition coefficient (Wildman–Crippen LogP) is 1.92. The number of hydrogen-bond donors (Lipinski definition) is 1. The van der Waals surface area contributed by atoms with Crippen molar-refractivity contribution < 1.29 is 13.6 Å². The molecule has 0 saturated heterocycles. The van der Waals surface area contributed by atoms with E-state index in [1.807, 2.05) is 0 Å². The minimum absolute atomic E-state index is 0.0642. The molecule has 0 radical (unpaired) electrons. The van der Waals surface area contributed by atoms with Crippen molar-refractivity contribution in [3.8, 4) is 0 Å². The predicted molar refractivity (Wildman–Crippen MR) is 88.3 cm³/mol. The number of carbonyl (C=O) groups is 1. The molecular weight excluding hydrogens is 328 g/mol. The molecule has 0 fully saturated rings. The fourth-order valence-corrected chi connectivity index (χ4v) is 3.09. The minimum Gasteiger partial charge on any atom is -0.342 e. The quantitative estimate of drug-likeness (QED) is 0.922. The number of benzene rings is 1. The summed E-state index contributed by atoms with van der Waals surface area (Å²) in [5.41, 5.74) is 1.83. The smallest absolute Gasteiger partial charge is 0.254 e. The van der Waals surface area contributed by atoms with Gasteiger partial charge in [0.25, 0.3) is 5.56 Å². The molecule has 1 aliphatic rings. The first-order chi connectivity index (χ1) is 11.9. The van der Waals surface area contributed by atoms with Crippen LogP contribution in [0.2, 0.25) is 0 Å². The number of halogens is 2. The summed E-state index contributed by atoms with van der Waals surface area (Å²) >= 11 is 0. The van der Waals surface area contributed by atoms with Crippen LogP contribution in [0.3, 0.4) is 0 Å². The lowest BCUT2D eigenvalue weighted by atomic mass is 10.1. The molecule has 2 aromatic rings. The Bertz CT molecular complexity index is 864. The fourth-order valence-electron chi connectivity index (χ4n) is 3.09. The molecule has 1 amide bonds. The van der Waals surface area contributed by atoms with Crippen molar-refractivity contribution in [3.05, 3.63) is 62.8 Å². The van der Waals surface area contributed by atoms with E-state index in [2.05, 4.69) is 9.97 Å². The van der Waals surface area contributed by atoms with Crippen LogP contribution in [-0.2, 0) is 24.1 Å². The van der Waals surface area contributed by atoms with E-state index in [4.69, 9.17) is 0 Å². The summed E-state index contributed by atoms with van der Waals surface area (Å²) in [5, 5.41) is 0. The SMILES string of the molecule is Cc1nc2c(c(=O)[nH]1)CCN(C(=O)CCc1ccc(F)c(F)c1)CC2. The topological polar surface area (TPSA) is 66.1 Å². The molecule has 7 heteroatoms. The van der Waals surface area contributed by atoms with Crippen LogP contribution >= 0.6 is 0 Å². The van der Waals surface area contributed by atoms with Crippen LogP contribution in [0.25, 0.3) is 0 Å². The second-order valence-electron chi connectivity index (χ2n) is 6.21. The zero-order valence-electron chi connectivity index (χ0n) is 13.9. The van der Waals surface area contributed by atoms with Crippen LogP contribution in [0, 0.1) is 18.6 Å². The van der Waals surface area contributed by atoms with Gasteiger partial charge in [0.05, 0.1) is 5.69 Å². The number of nitrogens with one attached hydrogen (secondary N) is 1. The fraction of sp³-hybridized carbons (Fsp3) is 0.389. The summed E-state index contributed by atoms with van der Waals surface area (Å²) in [6.45, 7) is 2.69. The molecule has 0 spiro atoms. The van der Waals surface area contributed by atoms with Crippen molar-refractivity contribution in [2.45, 2.75) is 32.6 Å². The van der Waals surface area contributed by atoms with Gasteiger partial charge in [-0.1, -0.05) is 6.07 Å². The lowest BCUT2D eigenvalue weighted by molar-refractivity contribution is -0.131. The number of aromatic nitrogens is 2. The summed E-state index contributed by atoms with van der Waals surface area (Å²) in [7, 11) is 0. The monoisotopic (exact) mass is 347 g/mol. The van der Waals surface area contributed by atoms with Crippen molar-refractivity contribution in [1.29, 1.82) is 0 Å². The highest BCUT2D eigenvalue weighted by Gasteiger charge is 2.21. The van der Waals surface area contributed by atoms with Gasteiger partial charge in [0, 0.05) is 31.5 Å². The molecule has 2 heterocycles. The maximum Gasteiger partial charge on any atom is 0.254 e. The lowest BCUT2D eigenvalue weighted by Gasteiger charge is -2.20. The Balaban J connectivity index is 1.63. The maximum atomic E-state index is 13.2. The van der Waals surface area contributed by atoms with E-state index in [0.717, 1.165) is 17.8 Å². The Morgan fingerprint density at radius 2 is 2.00 bits per heavy atom. The first kappa shape index (κ1) is 17.3. The number of aromatic amines is 1. The Morgan fingerprint density at radius 1 is 1.24 bits per heavy atom. The van der Waals surface area contributed by atoms with Gasteiger partial charge >= 0.3 is 0 Å². The summed E-state index contributed by atoms with van der Waals surface area (Å²) in [4.78, 5) is 33.2. The standard InChI is InChI=1S/C18H19F2N3O2/c1-11-21-16-7-9-23(8-6-13(16)18(25)22-11)17(24)5-3-12-2-4-14(19)15(20)10-12/h2,4,10H,3,5-9H2,1H3,(H,21,22,25). The first-order valence-corrected chi connectivity index (χ1v) is 8.24. The largest absolute Gasteiger partial charge is 0.342 e. The van der Waals surface area contributed by atoms with Crippen molar-refractivity contribution in [3.63, 3.8) is 0 Å². The molecule has 1 aromatic carbocycles. The van der Waals surface area contributed by atoms with Gasteiger partial charge in [0.1, 0.15) is 5.82 Å². The average molecular weight is 347 g/mol. The maximum absolute atomic E-state index is 13.2. The second-order valence-corrected chi connectivity index (χ2v) is 6.21. The average Bonchev–Trinajstić information content (AvgIpc) is 2.78. The van der Waals surface area contributed by atoms with E-state index in [1.54, 1.807) is 11.8 Å². The van der Waals surface area contributed by atoms with Crippen LogP contribution in [0.5, 0.6) is 0 Å². The summed E-state index contributed by atoms with van der Waals surface area (Å²) in [6.07, 6.45) is 1.56. The van der Waals surface area contributed by atoms with Gasteiger partial charge in [0.2, 0.25) is 5.91 Å². The molecular formula is C18H19F2N3O2. The summed E-state index contributed by atoms with van der Waals surface area (Å²) in [5.74, 6) is -1.29. The molecule has 1 N–H and O–H groups in total. The Hall–Kier alpha value is -2.57. The molecule has 0 unspecified atom stereocenters. The van der Waals surface area contributed by atoms with Gasteiger partial charge < -0.3 is 9.88 Å². The normalized spacial score (nSPS) is 14.1. The van der Waals surface area contributed by atoms with Crippen LogP contribution in [-0.4, -0.2) is 33.9 Å². The summed E-state index contributed by atoms with van der Waals surface area (Å²) in [6, 6.07) is 3.67. The van der Waals surface area contributed by atoms with Gasteiger partial charge in [-0.15, -0.1) is 0 Å². The highest BCUT2D eigenvalue weighted by atomic mass is 19.2. The van der Waals surface area contributed by atoms with E-state index in [9.17, 15) is 18.4 Å². The van der Waals surface area contributed by atoms with Crippen LogP contribution in [0.1, 0.15) is 29.1 Å². The van der Waals surface area contributed by atoms with Gasteiger partial charge in [-0.25, -0.2) is 13.8 Å². The number of hydrogen-bond acceptors (Lipinski definition) is 3. The molecule has 0 aliphatic carbocycles. The minimum atomic E-state index is -0.907. The third-order valence-electron chi connectivity index (χ3n) is 4.43. The molecule has 1 aliphatic heterocycles. The van der Waals surface area contributed by atoms with Crippen LogP contribution in [0.4, 0.5) is 8.78 Å². The third-order valence-corrected chi connectivity index (χ3v) is 4.43. The molecule has 0 saturated carbocycles. The Morgan fingerprint density at radius 3 is 2.76 bits per heavy atom. The Labute approximate surface area is 143 Å². The van der Waals surface area contributed by atoms with Gasteiger partial charge in [-0.2, -0.15) is 0 Å². The van der Waals surface area contributed by atoms with Gasteiger partial charge in [-0.3, -0.25) is 9.59 Å². The lowest BCUT2D eigenvalue weighted by Crippen LogP contribution is -2.33. The highest BCUT2D eigenvalue weighted by Crippen LogP contribution is 2.14. The number of carbonyl (C=O) groups excluding carboxylic acids is 1. The molecule has 0 bridgehead atoms. The van der Waals surface area contributed by atoms with E-state index in [0.29, 0.717) is 49.3 Å². The van der Waals surface area contributed by atoms with E-state index in [1.165, 1.54) is 6.07 Å². The molecule has 5 nitrogen and oxygen atoms in total. The van der Waals surface area contributed by atoms with Crippen molar-refractivity contribution in [1.82, 2.24) is 14.9 Å². The molecule has 132 valence electrons. The van der Waals surface area contributed by atoms with Crippen LogP contribution < -0.4 is 5.56 Å². The second kappa shape index (κ2) is 7.13. The zero-order valence-corrected chi connectivity index (χ0v) is 13.9. The number of nitrogens with zero attached hydrogens (tertiary/aromatic N) is 2. The molecule has 1 aromatic heterocycles. The Kier molecular flexibility index (Phi) is 4.92. The van der Waals surface area contributed by atoms with Crippen molar-refractivity contribution in [2.24, 2.45) is 0 Å². The van der Waals surface area contributed by atoms with Gasteiger partial charge in [-0.05, 0) is 37.5 Å². The van der Waals surface area contributed by atoms with Crippen LogP contribution in [0.15, 0.2) is 23.0 Å². The molecule has 3 rings (SSSR count).